The molecule has 2 rings (SSSR count). The van der Waals surface area contributed by atoms with Gasteiger partial charge in [0, 0.05) is 12.0 Å². The Bertz CT molecular complexity index is 515. The fourth-order valence-electron chi connectivity index (χ4n) is 3.66. The zero-order valence-corrected chi connectivity index (χ0v) is 14.2. The Kier molecular flexibility index (Phi) is 6.78. The summed E-state index contributed by atoms with van der Waals surface area (Å²) in [6.07, 6.45) is 4.69. The number of carbonyl (C=O) groups excluding carboxylic acids is 1. The van der Waals surface area contributed by atoms with Gasteiger partial charge in [-0.3, -0.25) is 4.79 Å². The van der Waals surface area contributed by atoms with Crippen molar-refractivity contribution in [1.82, 2.24) is 0 Å². The number of amides is 1. The van der Waals surface area contributed by atoms with Crippen LogP contribution in [0.3, 0.4) is 0 Å². The van der Waals surface area contributed by atoms with Crippen molar-refractivity contribution in [3.05, 3.63) is 35.9 Å². The first-order chi connectivity index (χ1) is 11.4. The van der Waals surface area contributed by atoms with Gasteiger partial charge >= 0.3 is 0 Å². The summed E-state index contributed by atoms with van der Waals surface area (Å²) in [7, 11) is 0. The van der Waals surface area contributed by atoms with Crippen molar-refractivity contribution in [2.75, 3.05) is 0 Å². The maximum atomic E-state index is 11.8. The molecule has 1 saturated carbocycles. The second kappa shape index (κ2) is 8.60. The summed E-state index contributed by atoms with van der Waals surface area (Å²) in [5.74, 6) is -1.02. The van der Waals surface area contributed by atoms with E-state index in [1.807, 2.05) is 30.3 Å². The van der Waals surface area contributed by atoms with Crippen LogP contribution in [-0.4, -0.2) is 33.9 Å². The Morgan fingerprint density at radius 1 is 1.17 bits per heavy atom. The molecule has 1 aromatic carbocycles. The molecule has 0 aliphatic heterocycles. The second-order valence-corrected chi connectivity index (χ2v) is 7.25. The molecule has 1 aliphatic carbocycles. The molecule has 1 aliphatic rings. The van der Waals surface area contributed by atoms with E-state index in [1.54, 1.807) is 0 Å². The molecule has 5 nitrogen and oxygen atoms in total. The Balaban J connectivity index is 1.92. The standard InChI is InChI=1S/C19H30N2O3/c20-16(11-14-7-3-1-4-8-14)17(22)12-15(18(21)23)13-19(24)9-5-2-6-10-19/h1,3-4,7-8,15-17,22,24H,2,5-6,9-13,20H2,(H2,21,23). The quantitative estimate of drug-likeness (QED) is 0.577. The lowest BCUT2D eigenvalue weighted by atomic mass is 9.77. The maximum Gasteiger partial charge on any atom is 0.220 e. The van der Waals surface area contributed by atoms with Crippen molar-refractivity contribution in [1.29, 1.82) is 0 Å². The van der Waals surface area contributed by atoms with Gasteiger partial charge < -0.3 is 21.7 Å². The van der Waals surface area contributed by atoms with Gasteiger partial charge in [-0.15, -0.1) is 0 Å². The Hall–Kier alpha value is -1.43. The van der Waals surface area contributed by atoms with Crippen molar-refractivity contribution in [2.45, 2.75) is 69.1 Å². The minimum absolute atomic E-state index is 0.200. The lowest BCUT2D eigenvalue weighted by Crippen LogP contribution is -2.43. The highest BCUT2D eigenvalue weighted by Gasteiger charge is 2.35. The SMILES string of the molecule is NC(=O)C(CC(O)C(N)Cc1ccccc1)CC1(O)CCCCC1. The Morgan fingerprint density at radius 3 is 2.38 bits per heavy atom. The maximum absolute atomic E-state index is 11.8. The molecule has 0 heterocycles. The molecule has 0 saturated heterocycles. The van der Waals surface area contributed by atoms with Crippen molar-refractivity contribution < 1.29 is 15.0 Å². The van der Waals surface area contributed by atoms with Crippen molar-refractivity contribution in [3.8, 4) is 0 Å². The van der Waals surface area contributed by atoms with Gasteiger partial charge in [-0.25, -0.2) is 0 Å². The second-order valence-electron chi connectivity index (χ2n) is 7.25. The number of aliphatic hydroxyl groups excluding tert-OH is 1. The third-order valence-electron chi connectivity index (χ3n) is 5.15. The Labute approximate surface area is 144 Å². The number of carbonyl (C=O) groups is 1. The monoisotopic (exact) mass is 334 g/mol. The van der Waals surface area contributed by atoms with Gasteiger partial charge in [0.05, 0.1) is 11.7 Å². The van der Waals surface area contributed by atoms with Gasteiger partial charge in [-0.1, -0.05) is 49.6 Å². The van der Waals surface area contributed by atoms with Crippen LogP contribution in [0.4, 0.5) is 0 Å². The predicted molar refractivity (Wildman–Crippen MR) is 94.1 cm³/mol. The highest BCUT2D eigenvalue weighted by molar-refractivity contribution is 5.76. The summed E-state index contributed by atoms with van der Waals surface area (Å²) in [5.41, 5.74) is 11.8. The number of hydrogen-bond donors (Lipinski definition) is 4. The lowest BCUT2D eigenvalue weighted by Gasteiger charge is -2.35. The highest BCUT2D eigenvalue weighted by atomic mass is 16.3. The molecule has 0 bridgehead atoms. The van der Waals surface area contributed by atoms with Gasteiger partial charge in [0.1, 0.15) is 0 Å². The fraction of sp³-hybridized carbons (Fsp3) is 0.632. The summed E-state index contributed by atoms with van der Waals surface area (Å²) < 4.78 is 0. The topological polar surface area (TPSA) is 110 Å². The van der Waals surface area contributed by atoms with Crippen molar-refractivity contribution in [3.63, 3.8) is 0 Å². The molecule has 3 atom stereocenters. The summed E-state index contributed by atoms with van der Waals surface area (Å²) in [6.45, 7) is 0. The minimum atomic E-state index is -0.832. The number of primary amides is 1. The fourth-order valence-corrected chi connectivity index (χ4v) is 3.66. The van der Waals surface area contributed by atoms with Gasteiger partial charge in [0.15, 0.2) is 0 Å². The molecule has 0 spiro atoms. The van der Waals surface area contributed by atoms with Gasteiger partial charge in [-0.05, 0) is 37.7 Å². The molecule has 24 heavy (non-hydrogen) atoms. The zero-order valence-electron chi connectivity index (χ0n) is 14.2. The van der Waals surface area contributed by atoms with Crippen LogP contribution in [0.2, 0.25) is 0 Å². The molecular formula is C19H30N2O3. The molecule has 0 radical (unpaired) electrons. The summed E-state index contributed by atoms with van der Waals surface area (Å²) >= 11 is 0. The average molecular weight is 334 g/mol. The summed E-state index contributed by atoms with van der Waals surface area (Å²) in [6, 6.07) is 9.25. The van der Waals surface area contributed by atoms with Crippen LogP contribution in [0.15, 0.2) is 30.3 Å². The summed E-state index contributed by atoms with van der Waals surface area (Å²) in [5, 5.41) is 21.1. The lowest BCUT2D eigenvalue weighted by molar-refractivity contribution is -0.126. The van der Waals surface area contributed by atoms with Crippen LogP contribution in [0.25, 0.3) is 0 Å². The highest BCUT2D eigenvalue weighted by Crippen LogP contribution is 2.34. The number of rotatable bonds is 8. The van der Waals surface area contributed by atoms with Crippen molar-refractivity contribution in [2.24, 2.45) is 17.4 Å². The number of hydrogen-bond acceptors (Lipinski definition) is 4. The first-order valence-corrected chi connectivity index (χ1v) is 8.89. The molecule has 6 N–H and O–H groups in total. The third-order valence-corrected chi connectivity index (χ3v) is 5.15. The van der Waals surface area contributed by atoms with Crippen LogP contribution in [0, 0.1) is 5.92 Å². The van der Waals surface area contributed by atoms with Crippen molar-refractivity contribution >= 4 is 5.91 Å². The number of nitrogens with two attached hydrogens (primary N) is 2. The molecule has 1 amide bonds. The van der Waals surface area contributed by atoms with Gasteiger partial charge in [-0.2, -0.15) is 0 Å². The van der Waals surface area contributed by atoms with E-state index in [2.05, 4.69) is 0 Å². The van der Waals surface area contributed by atoms with Crippen LogP contribution >= 0.6 is 0 Å². The summed E-state index contributed by atoms with van der Waals surface area (Å²) in [4.78, 5) is 11.8. The molecule has 5 heteroatoms. The molecular weight excluding hydrogens is 304 g/mol. The van der Waals surface area contributed by atoms with Gasteiger partial charge in [0.2, 0.25) is 5.91 Å². The molecule has 3 unspecified atom stereocenters. The van der Waals surface area contributed by atoms with Crippen LogP contribution < -0.4 is 11.5 Å². The van der Waals surface area contributed by atoms with Crippen LogP contribution in [-0.2, 0) is 11.2 Å². The van der Waals surface area contributed by atoms with E-state index >= 15 is 0 Å². The molecule has 134 valence electrons. The first kappa shape index (κ1) is 18.9. The van der Waals surface area contributed by atoms with Crippen LogP contribution in [0.1, 0.15) is 50.5 Å². The largest absolute Gasteiger partial charge is 0.391 e. The van der Waals surface area contributed by atoms with E-state index < -0.39 is 29.6 Å². The van der Waals surface area contributed by atoms with E-state index in [-0.39, 0.29) is 6.42 Å². The van der Waals surface area contributed by atoms with E-state index in [1.165, 1.54) is 0 Å². The first-order valence-electron chi connectivity index (χ1n) is 8.89. The smallest absolute Gasteiger partial charge is 0.220 e. The third kappa shape index (κ3) is 5.58. The average Bonchev–Trinajstić information content (AvgIpc) is 2.55. The minimum Gasteiger partial charge on any atom is -0.391 e. The predicted octanol–water partition coefficient (Wildman–Crippen LogP) is 1.49. The van der Waals surface area contributed by atoms with E-state index in [4.69, 9.17) is 11.5 Å². The Morgan fingerprint density at radius 2 is 1.79 bits per heavy atom. The molecule has 1 fully saturated rings. The van der Waals surface area contributed by atoms with Crippen LogP contribution in [0.5, 0.6) is 0 Å². The van der Waals surface area contributed by atoms with E-state index in [0.717, 1.165) is 24.8 Å². The molecule has 1 aromatic rings. The normalized spacial score (nSPS) is 21.0. The number of aliphatic hydroxyl groups is 2. The van der Waals surface area contributed by atoms with E-state index in [0.29, 0.717) is 25.7 Å². The van der Waals surface area contributed by atoms with Gasteiger partial charge in [0.25, 0.3) is 0 Å². The zero-order chi connectivity index (χ0) is 17.6. The van der Waals surface area contributed by atoms with E-state index in [9.17, 15) is 15.0 Å². The number of benzene rings is 1. The molecule has 0 aromatic heterocycles.